The van der Waals surface area contributed by atoms with Crippen molar-refractivity contribution < 1.29 is 9.90 Å². The standard InChI is InChI=1S/C11H10ClNO2S/c12-7-1-2-8-6(3-10(16)11(14)15)5-13-9(8)4-7/h1-2,4-5,10,13,16H,3H2,(H,14,15). The third-order valence-corrected chi connectivity index (χ3v) is 3.07. The van der Waals surface area contributed by atoms with Gasteiger partial charge in [-0.2, -0.15) is 12.6 Å². The second-order valence-corrected chi connectivity index (χ2v) is 4.62. The molecule has 5 heteroatoms. The first kappa shape index (κ1) is 11.4. The lowest BCUT2D eigenvalue weighted by Gasteiger charge is -2.03. The van der Waals surface area contributed by atoms with Gasteiger partial charge in [0.2, 0.25) is 0 Å². The van der Waals surface area contributed by atoms with Crippen LogP contribution >= 0.6 is 24.2 Å². The van der Waals surface area contributed by atoms with Crippen molar-refractivity contribution in [2.75, 3.05) is 0 Å². The Morgan fingerprint density at radius 1 is 1.56 bits per heavy atom. The van der Waals surface area contributed by atoms with E-state index in [1.54, 1.807) is 12.3 Å². The zero-order valence-electron chi connectivity index (χ0n) is 8.27. The van der Waals surface area contributed by atoms with Crippen molar-refractivity contribution in [2.24, 2.45) is 0 Å². The fraction of sp³-hybridized carbons (Fsp3) is 0.182. The molecule has 0 aliphatic carbocycles. The van der Waals surface area contributed by atoms with E-state index in [0.717, 1.165) is 16.5 Å². The van der Waals surface area contributed by atoms with Crippen LogP contribution in [-0.2, 0) is 11.2 Å². The number of aromatic nitrogens is 1. The number of hydrogen-bond donors (Lipinski definition) is 3. The summed E-state index contributed by atoms with van der Waals surface area (Å²) in [6.45, 7) is 0. The number of aromatic amines is 1. The van der Waals surface area contributed by atoms with Gasteiger partial charge in [0.1, 0.15) is 5.25 Å². The fourth-order valence-electron chi connectivity index (χ4n) is 1.62. The number of thiol groups is 1. The third kappa shape index (κ3) is 2.18. The van der Waals surface area contributed by atoms with Crippen molar-refractivity contribution in [2.45, 2.75) is 11.7 Å². The van der Waals surface area contributed by atoms with Gasteiger partial charge in [0.05, 0.1) is 0 Å². The third-order valence-electron chi connectivity index (χ3n) is 2.43. The molecular formula is C11H10ClNO2S. The van der Waals surface area contributed by atoms with Crippen LogP contribution in [0.5, 0.6) is 0 Å². The molecule has 1 heterocycles. The second kappa shape index (κ2) is 4.39. The first-order valence-corrected chi connectivity index (χ1v) is 5.64. The molecule has 1 atom stereocenters. The van der Waals surface area contributed by atoms with Gasteiger partial charge in [-0.15, -0.1) is 0 Å². The van der Waals surface area contributed by atoms with Crippen LogP contribution in [0.4, 0.5) is 0 Å². The molecule has 0 aliphatic rings. The summed E-state index contributed by atoms with van der Waals surface area (Å²) in [5.41, 5.74) is 1.85. The van der Waals surface area contributed by atoms with Crippen molar-refractivity contribution >= 4 is 41.1 Å². The number of aliphatic carboxylic acids is 1. The number of nitrogens with one attached hydrogen (secondary N) is 1. The van der Waals surface area contributed by atoms with E-state index in [9.17, 15) is 4.79 Å². The van der Waals surface area contributed by atoms with E-state index in [1.165, 1.54) is 0 Å². The average molecular weight is 256 g/mol. The smallest absolute Gasteiger partial charge is 0.316 e. The minimum absolute atomic E-state index is 0.389. The Morgan fingerprint density at radius 2 is 2.31 bits per heavy atom. The summed E-state index contributed by atoms with van der Waals surface area (Å²) in [7, 11) is 0. The number of carboxylic acid groups (broad SMARTS) is 1. The minimum Gasteiger partial charge on any atom is -0.480 e. The van der Waals surface area contributed by atoms with Crippen LogP contribution in [0.15, 0.2) is 24.4 Å². The summed E-state index contributed by atoms with van der Waals surface area (Å²) in [6.07, 6.45) is 2.19. The highest BCUT2D eigenvalue weighted by Crippen LogP contribution is 2.23. The van der Waals surface area contributed by atoms with Crippen LogP contribution in [0.3, 0.4) is 0 Å². The number of hydrogen-bond acceptors (Lipinski definition) is 2. The Bertz CT molecular complexity index is 538. The van der Waals surface area contributed by atoms with Crippen molar-refractivity contribution in [1.29, 1.82) is 0 Å². The highest BCUT2D eigenvalue weighted by atomic mass is 35.5. The van der Waals surface area contributed by atoms with Crippen molar-refractivity contribution in [3.63, 3.8) is 0 Å². The topological polar surface area (TPSA) is 53.1 Å². The molecule has 0 amide bonds. The quantitative estimate of drug-likeness (QED) is 0.739. The van der Waals surface area contributed by atoms with Crippen molar-refractivity contribution in [3.8, 4) is 0 Å². The van der Waals surface area contributed by atoms with Gasteiger partial charge in [-0.3, -0.25) is 4.79 Å². The highest BCUT2D eigenvalue weighted by molar-refractivity contribution is 7.81. The number of fused-ring (bicyclic) bond motifs is 1. The summed E-state index contributed by atoms with van der Waals surface area (Å²) >= 11 is 9.87. The van der Waals surface area contributed by atoms with E-state index in [0.29, 0.717) is 11.4 Å². The minimum atomic E-state index is -0.911. The zero-order valence-corrected chi connectivity index (χ0v) is 9.92. The molecule has 1 unspecified atom stereocenters. The molecule has 2 rings (SSSR count). The van der Waals surface area contributed by atoms with Gasteiger partial charge in [0, 0.05) is 22.1 Å². The molecule has 84 valence electrons. The van der Waals surface area contributed by atoms with Gasteiger partial charge in [-0.05, 0) is 24.1 Å². The lowest BCUT2D eigenvalue weighted by molar-refractivity contribution is -0.136. The number of benzene rings is 1. The van der Waals surface area contributed by atoms with E-state index in [2.05, 4.69) is 17.6 Å². The molecule has 0 aliphatic heterocycles. The number of halogens is 1. The van der Waals surface area contributed by atoms with E-state index < -0.39 is 11.2 Å². The van der Waals surface area contributed by atoms with E-state index in [1.807, 2.05) is 12.1 Å². The monoisotopic (exact) mass is 255 g/mol. The number of carbonyl (C=O) groups is 1. The first-order valence-electron chi connectivity index (χ1n) is 4.74. The summed E-state index contributed by atoms with van der Waals surface area (Å²) < 4.78 is 0. The summed E-state index contributed by atoms with van der Waals surface area (Å²) in [6, 6.07) is 5.48. The molecule has 0 bridgehead atoms. The fourth-order valence-corrected chi connectivity index (χ4v) is 1.99. The van der Waals surface area contributed by atoms with Crippen molar-refractivity contribution in [1.82, 2.24) is 4.98 Å². The van der Waals surface area contributed by atoms with Crippen LogP contribution in [0, 0.1) is 0 Å². The number of carboxylic acids is 1. The maximum Gasteiger partial charge on any atom is 0.316 e. The Kier molecular flexibility index (Phi) is 3.12. The Labute approximate surface area is 103 Å². The SMILES string of the molecule is O=C(O)C(S)Cc1c[nH]c2cc(Cl)ccc12. The molecule has 0 spiro atoms. The lowest BCUT2D eigenvalue weighted by atomic mass is 10.1. The molecule has 2 aromatic rings. The summed E-state index contributed by atoms with van der Waals surface area (Å²) in [5, 5.41) is 9.75. The second-order valence-electron chi connectivity index (χ2n) is 3.56. The van der Waals surface area contributed by atoms with Gasteiger partial charge >= 0.3 is 5.97 Å². The average Bonchev–Trinajstić information content (AvgIpc) is 2.60. The van der Waals surface area contributed by atoms with Gasteiger partial charge in [-0.25, -0.2) is 0 Å². The van der Waals surface area contributed by atoms with Crippen LogP contribution in [-0.4, -0.2) is 21.3 Å². The van der Waals surface area contributed by atoms with Crippen LogP contribution < -0.4 is 0 Å². The largest absolute Gasteiger partial charge is 0.480 e. The van der Waals surface area contributed by atoms with Crippen molar-refractivity contribution in [3.05, 3.63) is 35.0 Å². The van der Waals surface area contributed by atoms with Crippen LogP contribution in [0.2, 0.25) is 5.02 Å². The van der Waals surface area contributed by atoms with Crippen LogP contribution in [0.1, 0.15) is 5.56 Å². The van der Waals surface area contributed by atoms with Crippen LogP contribution in [0.25, 0.3) is 10.9 Å². The van der Waals surface area contributed by atoms with E-state index >= 15 is 0 Å². The van der Waals surface area contributed by atoms with Gasteiger partial charge in [-0.1, -0.05) is 17.7 Å². The molecule has 0 saturated heterocycles. The zero-order chi connectivity index (χ0) is 11.7. The normalized spacial score (nSPS) is 12.9. The number of H-pyrrole nitrogens is 1. The maximum atomic E-state index is 10.7. The molecule has 16 heavy (non-hydrogen) atoms. The summed E-state index contributed by atoms with van der Waals surface area (Å²) in [4.78, 5) is 13.8. The van der Waals surface area contributed by atoms with E-state index in [4.69, 9.17) is 16.7 Å². The molecule has 0 radical (unpaired) electrons. The lowest BCUT2D eigenvalue weighted by Crippen LogP contribution is -2.15. The predicted octanol–water partition coefficient (Wildman–Crippen LogP) is 2.75. The molecule has 1 aromatic heterocycles. The Hall–Kier alpha value is -1.13. The maximum absolute atomic E-state index is 10.7. The first-order chi connectivity index (χ1) is 7.58. The molecule has 1 aromatic carbocycles. The molecule has 2 N–H and O–H groups in total. The Balaban J connectivity index is 2.35. The predicted molar refractivity (Wildman–Crippen MR) is 67.4 cm³/mol. The van der Waals surface area contributed by atoms with Gasteiger partial charge < -0.3 is 10.1 Å². The molecular weight excluding hydrogens is 246 g/mol. The Morgan fingerprint density at radius 3 is 3.00 bits per heavy atom. The van der Waals surface area contributed by atoms with Gasteiger partial charge in [0.15, 0.2) is 0 Å². The van der Waals surface area contributed by atoms with Gasteiger partial charge in [0.25, 0.3) is 0 Å². The number of rotatable bonds is 3. The molecule has 0 fully saturated rings. The van der Waals surface area contributed by atoms with E-state index in [-0.39, 0.29) is 0 Å². The molecule has 3 nitrogen and oxygen atoms in total. The molecule has 0 saturated carbocycles. The highest BCUT2D eigenvalue weighted by Gasteiger charge is 2.15. The summed E-state index contributed by atoms with van der Waals surface area (Å²) in [5.74, 6) is -0.911.